The number of hydrogen-bond donors (Lipinski definition) is 3. The van der Waals surface area contributed by atoms with Gasteiger partial charge in [-0.2, -0.15) is 0 Å². The highest BCUT2D eigenvalue weighted by atomic mass is 19.1. The monoisotopic (exact) mass is 709 g/mol. The molecule has 2 aromatic carbocycles. The molecule has 1 atom stereocenters. The van der Waals surface area contributed by atoms with E-state index in [2.05, 4.69) is 15.4 Å². The van der Waals surface area contributed by atoms with E-state index in [1.807, 2.05) is 0 Å². The number of carboxylic acid groups (broad SMARTS) is 1. The van der Waals surface area contributed by atoms with Gasteiger partial charge in [0.2, 0.25) is 11.8 Å². The number of rotatable bonds is 12. The van der Waals surface area contributed by atoms with Crippen LogP contribution in [0.1, 0.15) is 36.9 Å². The zero-order valence-corrected chi connectivity index (χ0v) is 27.4. The molecule has 2 aromatic heterocycles. The van der Waals surface area contributed by atoms with Crippen molar-refractivity contribution in [3.63, 3.8) is 0 Å². The minimum Gasteiger partial charge on any atom is -0.486 e. The van der Waals surface area contributed by atoms with Crippen LogP contribution < -0.4 is 20.9 Å². The number of benzene rings is 2. The Morgan fingerprint density at radius 2 is 1.78 bits per heavy atom. The highest BCUT2D eigenvalue weighted by molar-refractivity contribution is 5.96. The van der Waals surface area contributed by atoms with Gasteiger partial charge in [0.05, 0.1) is 19.3 Å². The number of alkyl carbamates (subject to hydrolysis) is 1. The maximum atomic E-state index is 14.6. The van der Waals surface area contributed by atoms with Gasteiger partial charge in [0, 0.05) is 42.4 Å². The second kappa shape index (κ2) is 16.1. The molecular weight excluding hydrogens is 675 g/mol. The molecule has 0 unspecified atom stereocenters. The first-order valence-corrected chi connectivity index (χ1v) is 15.9. The second-order valence-electron chi connectivity index (χ2n) is 11.7. The molecule has 3 amide bonds. The number of carbonyl (C=O) groups is 4. The van der Waals surface area contributed by atoms with Crippen molar-refractivity contribution < 1.29 is 46.9 Å². The van der Waals surface area contributed by atoms with Crippen LogP contribution >= 0.6 is 0 Å². The summed E-state index contributed by atoms with van der Waals surface area (Å²) in [5, 5.41) is 15.2. The lowest BCUT2D eigenvalue weighted by molar-refractivity contribution is -0.125. The molecule has 13 nitrogen and oxygen atoms in total. The zero-order valence-electron chi connectivity index (χ0n) is 27.4. The van der Waals surface area contributed by atoms with Gasteiger partial charge >= 0.3 is 12.2 Å². The van der Waals surface area contributed by atoms with Gasteiger partial charge in [-0.15, -0.1) is 0 Å². The van der Waals surface area contributed by atoms with Gasteiger partial charge in [-0.3, -0.25) is 14.4 Å². The molecule has 3 N–H and O–H groups in total. The van der Waals surface area contributed by atoms with Crippen LogP contribution in [-0.4, -0.2) is 69.4 Å². The first-order valence-electron chi connectivity index (χ1n) is 15.9. The lowest BCUT2D eigenvalue weighted by Gasteiger charge is -2.17. The molecule has 3 heterocycles. The SMILES string of the molecule is COC(=O)N[C@@H](CC/C=C/C(=O)N1CCCC1)C(=O)Nc1cccn(Cc2cc3cc(F)cc(OCc4ccc(F)cc4F)c3n2C(=O)O)c1=O. The molecule has 1 saturated heterocycles. The number of nitrogens with zero attached hydrogens (tertiary/aromatic N) is 3. The number of carbonyl (C=O) groups excluding carboxylic acids is 3. The average molecular weight is 710 g/mol. The van der Waals surface area contributed by atoms with E-state index in [0.717, 1.165) is 53.4 Å². The Morgan fingerprint density at radius 3 is 2.49 bits per heavy atom. The molecule has 16 heteroatoms. The normalized spacial score (nSPS) is 13.4. The highest BCUT2D eigenvalue weighted by Crippen LogP contribution is 2.32. The summed E-state index contributed by atoms with van der Waals surface area (Å²) in [6.07, 6.45) is 4.17. The second-order valence-corrected chi connectivity index (χ2v) is 11.7. The van der Waals surface area contributed by atoms with Crippen molar-refractivity contribution >= 4 is 40.6 Å². The van der Waals surface area contributed by atoms with E-state index in [9.17, 15) is 42.3 Å². The van der Waals surface area contributed by atoms with Crippen LogP contribution in [0.2, 0.25) is 0 Å². The predicted octanol–water partition coefficient (Wildman–Crippen LogP) is 5.00. The van der Waals surface area contributed by atoms with Gasteiger partial charge in [0.15, 0.2) is 0 Å². The third kappa shape index (κ3) is 8.76. The van der Waals surface area contributed by atoms with E-state index in [-0.39, 0.29) is 58.9 Å². The van der Waals surface area contributed by atoms with E-state index < -0.39 is 53.8 Å². The van der Waals surface area contributed by atoms with Crippen molar-refractivity contribution in [1.82, 2.24) is 19.4 Å². The molecule has 0 radical (unpaired) electrons. The molecule has 1 aliphatic rings. The number of nitrogens with one attached hydrogen (secondary N) is 2. The summed E-state index contributed by atoms with van der Waals surface area (Å²) in [5.74, 6) is -3.62. The number of allylic oxidation sites excluding steroid dienone is 1. The first kappa shape index (κ1) is 36.2. The first-order chi connectivity index (χ1) is 24.4. The maximum Gasteiger partial charge on any atom is 0.416 e. The summed E-state index contributed by atoms with van der Waals surface area (Å²) in [7, 11) is 1.13. The van der Waals surface area contributed by atoms with Crippen LogP contribution in [0.3, 0.4) is 0 Å². The Labute approximate surface area is 288 Å². The predicted molar refractivity (Wildman–Crippen MR) is 178 cm³/mol. The van der Waals surface area contributed by atoms with Crippen LogP contribution in [0, 0.1) is 17.5 Å². The van der Waals surface area contributed by atoms with Crippen LogP contribution in [0.15, 0.2) is 71.7 Å². The average Bonchev–Trinajstić information content (AvgIpc) is 3.76. The molecule has 5 rings (SSSR count). The lowest BCUT2D eigenvalue weighted by Crippen LogP contribution is -2.44. The zero-order chi connectivity index (χ0) is 36.7. The summed E-state index contributed by atoms with van der Waals surface area (Å²) < 4.78 is 54.3. The van der Waals surface area contributed by atoms with Crippen LogP contribution in [-0.2, 0) is 27.5 Å². The van der Waals surface area contributed by atoms with E-state index in [0.29, 0.717) is 19.2 Å². The minimum absolute atomic E-state index is 0.0204. The Balaban J connectivity index is 1.35. The summed E-state index contributed by atoms with van der Waals surface area (Å²) in [5.41, 5.74) is -1.02. The van der Waals surface area contributed by atoms with E-state index in [1.54, 1.807) is 11.0 Å². The molecular formula is C35H34F3N5O8. The fourth-order valence-electron chi connectivity index (χ4n) is 5.68. The Morgan fingerprint density at radius 1 is 1.02 bits per heavy atom. The van der Waals surface area contributed by atoms with Gasteiger partial charge in [0.1, 0.15) is 47.1 Å². The Kier molecular flexibility index (Phi) is 11.4. The number of aromatic nitrogens is 2. The summed E-state index contributed by atoms with van der Waals surface area (Å²) in [4.78, 5) is 65.2. The number of anilines is 1. The van der Waals surface area contributed by atoms with E-state index in [1.165, 1.54) is 30.5 Å². The number of fused-ring (bicyclic) bond motifs is 1. The van der Waals surface area contributed by atoms with Crippen molar-refractivity contribution in [3.05, 3.63) is 106 Å². The van der Waals surface area contributed by atoms with Gasteiger partial charge in [-0.05, 0) is 68.2 Å². The largest absolute Gasteiger partial charge is 0.486 e. The summed E-state index contributed by atoms with van der Waals surface area (Å²) in [6.45, 7) is 0.544. The molecule has 4 aromatic rings. The van der Waals surface area contributed by atoms with Crippen LogP contribution in [0.25, 0.3) is 10.9 Å². The Bertz CT molecular complexity index is 2050. The Hall–Kier alpha value is -6.06. The molecule has 0 saturated carbocycles. The fourth-order valence-corrected chi connectivity index (χ4v) is 5.68. The fraction of sp³-hybridized carbons (Fsp3) is 0.286. The number of halogens is 3. The minimum atomic E-state index is -1.49. The molecule has 268 valence electrons. The maximum absolute atomic E-state index is 14.6. The van der Waals surface area contributed by atoms with E-state index in [4.69, 9.17) is 4.74 Å². The van der Waals surface area contributed by atoms with Crippen molar-refractivity contribution in [3.8, 4) is 5.75 Å². The molecule has 0 spiro atoms. The number of pyridine rings is 1. The standard InChI is InChI=1S/C35H34F3N5O8/c1-50-34(47)40-27(7-2-3-9-30(44)41-12-4-5-13-41)32(45)39-28-8-6-14-42(33(28)46)19-25-16-22-15-24(37)18-29(31(22)43(25)35(48)49)51-20-21-10-11-23(36)17-26(21)38/h3,6,8-11,14-18,27H,2,4-5,7,12-13,19-20H2,1H3,(H,39,45)(H,40,47)(H,48,49)/b9-3+/t27-/m0/s1. The third-order valence-electron chi connectivity index (χ3n) is 8.20. The number of amides is 3. The third-order valence-corrected chi connectivity index (χ3v) is 8.20. The lowest BCUT2D eigenvalue weighted by atomic mass is 10.1. The number of likely N-dealkylation sites (tertiary alicyclic amines) is 1. The van der Waals surface area contributed by atoms with Crippen molar-refractivity contribution in [1.29, 1.82) is 0 Å². The van der Waals surface area contributed by atoms with Gasteiger partial charge < -0.3 is 34.7 Å². The van der Waals surface area contributed by atoms with Crippen molar-refractivity contribution in [2.24, 2.45) is 0 Å². The molecule has 51 heavy (non-hydrogen) atoms. The summed E-state index contributed by atoms with van der Waals surface area (Å²) >= 11 is 0. The number of ether oxygens (including phenoxy) is 2. The number of hydrogen-bond acceptors (Lipinski definition) is 7. The molecule has 0 aliphatic carbocycles. The highest BCUT2D eigenvalue weighted by Gasteiger charge is 2.24. The van der Waals surface area contributed by atoms with Crippen molar-refractivity contribution in [2.75, 3.05) is 25.5 Å². The van der Waals surface area contributed by atoms with Gasteiger partial charge in [-0.25, -0.2) is 27.3 Å². The smallest absolute Gasteiger partial charge is 0.416 e. The topological polar surface area (TPSA) is 161 Å². The van der Waals surface area contributed by atoms with Crippen LogP contribution in [0.5, 0.6) is 5.75 Å². The van der Waals surface area contributed by atoms with Gasteiger partial charge in [0.25, 0.3) is 5.56 Å². The summed E-state index contributed by atoms with van der Waals surface area (Å²) in [6, 6.07) is 7.75. The van der Waals surface area contributed by atoms with Crippen LogP contribution in [0.4, 0.5) is 28.4 Å². The van der Waals surface area contributed by atoms with Gasteiger partial charge in [-0.1, -0.05) is 6.08 Å². The molecule has 1 fully saturated rings. The quantitative estimate of drug-likeness (QED) is 0.173. The molecule has 1 aliphatic heterocycles. The van der Waals surface area contributed by atoms with Crippen molar-refractivity contribution in [2.45, 2.75) is 44.9 Å². The molecule has 0 bridgehead atoms. The van der Waals surface area contributed by atoms with E-state index >= 15 is 0 Å². The number of methoxy groups -OCH3 is 1.